The zero-order valence-corrected chi connectivity index (χ0v) is 10.8. The van der Waals surface area contributed by atoms with Crippen molar-refractivity contribution in [3.63, 3.8) is 0 Å². The number of aliphatic hydroxyl groups is 2. The topological polar surface area (TPSA) is 110 Å². The maximum atomic E-state index is 10.2. The fourth-order valence-electron chi connectivity index (χ4n) is 2.46. The average molecular weight is 290 g/mol. The van der Waals surface area contributed by atoms with Gasteiger partial charge in [0.1, 0.15) is 35.2 Å². The van der Waals surface area contributed by atoms with Crippen LogP contribution in [-0.2, 0) is 0 Å². The Kier molecular flexibility index (Phi) is 3.12. The van der Waals surface area contributed by atoms with Crippen LogP contribution < -0.4 is 4.74 Å². The lowest BCUT2D eigenvalue weighted by Crippen LogP contribution is -2.34. The maximum absolute atomic E-state index is 10.2. The number of rotatable bonds is 1. The smallest absolute Gasteiger partial charge is 0.152 e. The number of fused-ring (bicyclic) bond motifs is 1. The largest absolute Gasteiger partial charge is 0.508 e. The van der Waals surface area contributed by atoms with E-state index in [1.807, 2.05) is 0 Å². The molecule has 110 valence electrons. The molecule has 5 N–H and O–H groups in total. The van der Waals surface area contributed by atoms with Crippen molar-refractivity contribution < 1.29 is 30.3 Å². The van der Waals surface area contributed by atoms with Gasteiger partial charge in [-0.25, -0.2) is 0 Å². The first kappa shape index (κ1) is 13.5. The minimum atomic E-state index is -1.35. The van der Waals surface area contributed by atoms with Crippen LogP contribution in [-0.4, -0.2) is 31.6 Å². The number of benzene rings is 2. The highest BCUT2D eigenvalue weighted by Gasteiger charge is 2.39. The molecular formula is C15H14O6. The van der Waals surface area contributed by atoms with E-state index in [-0.39, 0.29) is 28.6 Å². The number of hydrogen-bond acceptors (Lipinski definition) is 6. The molecule has 1 aliphatic heterocycles. The van der Waals surface area contributed by atoms with Crippen LogP contribution >= 0.6 is 0 Å². The molecule has 6 heteroatoms. The highest BCUT2D eigenvalue weighted by Crippen LogP contribution is 2.46. The molecule has 2 aromatic rings. The molecule has 0 amide bonds. The lowest BCUT2D eigenvalue weighted by atomic mass is 9.91. The summed E-state index contributed by atoms with van der Waals surface area (Å²) in [6.07, 6.45) is -3.53. The summed E-state index contributed by atoms with van der Waals surface area (Å²) >= 11 is 0. The average Bonchev–Trinajstić information content (AvgIpc) is 2.43. The number of hydrogen-bond donors (Lipinski definition) is 5. The van der Waals surface area contributed by atoms with Crippen molar-refractivity contribution in [3.05, 3.63) is 47.5 Å². The summed E-state index contributed by atoms with van der Waals surface area (Å²) in [6.45, 7) is 0. The molecule has 0 spiro atoms. The molecule has 0 aromatic heterocycles. The van der Waals surface area contributed by atoms with Crippen molar-refractivity contribution in [2.24, 2.45) is 0 Å². The first-order chi connectivity index (χ1) is 9.97. The van der Waals surface area contributed by atoms with Gasteiger partial charge < -0.3 is 30.3 Å². The Morgan fingerprint density at radius 2 is 1.52 bits per heavy atom. The van der Waals surface area contributed by atoms with Crippen molar-refractivity contribution >= 4 is 0 Å². The minimum Gasteiger partial charge on any atom is -0.508 e. The number of aromatic hydroxyl groups is 3. The van der Waals surface area contributed by atoms with Crippen LogP contribution in [0.3, 0.4) is 0 Å². The van der Waals surface area contributed by atoms with Gasteiger partial charge in [0.05, 0.1) is 5.56 Å². The van der Waals surface area contributed by atoms with Crippen LogP contribution in [0.5, 0.6) is 23.0 Å². The maximum Gasteiger partial charge on any atom is 0.152 e. The Morgan fingerprint density at radius 1 is 0.857 bits per heavy atom. The predicted octanol–water partition coefficient (Wildman–Crippen LogP) is 1.33. The van der Waals surface area contributed by atoms with Crippen LogP contribution in [0.1, 0.15) is 23.3 Å². The monoisotopic (exact) mass is 290 g/mol. The summed E-state index contributed by atoms with van der Waals surface area (Å²) in [4.78, 5) is 0. The van der Waals surface area contributed by atoms with Crippen LogP contribution in [0.15, 0.2) is 36.4 Å². The van der Waals surface area contributed by atoms with Gasteiger partial charge in [0.15, 0.2) is 6.10 Å². The predicted molar refractivity (Wildman–Crippen MR) is 72.2 cm³/mol. The van der Waals surface area contributed by atoms with Gasteiger partial charge in [-0.1, -0.05) is 12.1 Å². The SMILES string of the molecule is Oc1ccc([C@H]2Oc3cc(O)cc(O)c3C(O)C2O)cc1. The van der Waals surface area contributed by atoms with Crippen LogP contribution in [0, 0.1) is 0 Å². The Hall–Kier alpha value is -2.44. The molecule has 2 aromatic carbocycles. The molecule has 0 radical (unpaired) electrons. The van der Waals surface area contributed by atoms with E-state index in [4.69, 9.17) is 4.74 Å². The van der Waals surface area contributed by atoms with Gasteiger partial charge in [-0.2, -0.15) is 0 Å². The summed E-state index contributed by atoms with van der Waals surface area (Å²) in [5.74, 6) is -0.385. The van der Waals surface area contributed by atoms with Crippen molar-refractivity contribution in [1.29, 1.82) is 0 Å². The second-order valence-electron chi connectivity index (χ2n) is 4.94. The molecular weight excluding hydrogens is 276 g/mol. The second-order valence-corrected chi connectivity index (χ2v) is 4.94. The van der Waals surface area contributed by atoms with Crippen molar-refractivity contribution in [3.8, 4) is 23.0 Å². The highest BCUT2D eigenvalue weighted by molar-refractivity contribution is 5.52. The van der Waals surface area contributed by atoms with E-state index in [0.717, 1.165) is 6.07 Å². The summed E-state index contributed by atoms with van der Waals surface area (Å²) in [5.41, 5.74) is 0.586. The molecule has 3 atom stereocenters. The third-order valence-corrected chi connectivity index (χ3v) is 3.51. The van der Waals surface area contributed by atoms with Crippen molar-refractivity contribution in [2.45, 2.75) is 18.3 Å². The second kappa shape index (κ2) is 4.83. The van der Waals surface area contributed by atoms with Gasteiger partial charge in [0.25, 0.3) is 0 Å². The molecule has 1 aliphatic rings. The standard InChI is InChI=1S/C15H14O6/c16-8-3-1-7(2-4-8)15-14(20)13(19)12-10(18)5-9(17)6-11(12)21-15/h1-6,13-20H/t13?,14?,15-/m1/s1. The molecule has 6 nitrogen and oxygen atoms in total. The van der Waals surface area contributed by atoms with Gasteiger partial charge in [0, 0.05) is 12.1 Å². The van der Waals surface area contributed by atoms with Gasteiger partial charge in [-0.05, 0) is 17.7 Å². The molecule has 2 unspecified atom stereocenters. The van der Waals surface area contributed by atoms with Gasteiger partial charge in [-0.3, -0.25) is 0 Å². The summed E-state index contributed by atoms with van der Waals surface area (Å²) in [5, 5.41) is 48.9. The number of aliphatic hydroxyl groups excluding tert-OH is 2. The van der Waals surface area contributed by atoms with Crippen molar-refractivity contribution in [1.82, 2.24) is 0 Å². The first-order valence-electron chi connectivity index (χ1n) is 6.35. The van der Waals surface area contributed by atoms with Crippen LogP contribution in [0.2, 0.25) is 0 Å². The van der Waals surface area contributed by atoms with E-state index >= 15 is 0 Å². The Bertz CT molecular complexity index is 667. The lowest BCUT2D eigenvalue weighted by molar-refractivity contribution is -0.0710. The normalized spacial score (nSPS) is 24.2. The van der Waals surface area contributed by atoms with E-state index in [0.29, 0.717) is 5.56 Å². The molecule has 0 aliphatic carbocycles. The van der Waals surface area contributed by atoms with Crippen LogP contribution in [0.4, 0.5) is 0 Å². The minimum absolute atomic E-state index is 0.0373. The molecule has 0 bridgehead atoms. The first-order valence-corrected chi connectivity index (χ1v) is 6.35. The third-order valence-electron chi connectivity index (χ3n) is 3.51. The Balaban J connectivity index is 2.04. The van der Waals surface area contributed by atoms with Crippen LogP contribution in [0.25, 0.3) is 0 Å². The number of phenolic OH excluding ortho intramolecular Hbond substituents is 3. The van der Waals surface area contributed by atoms with Gasteiger partial charge in [-0.15, -0.1) is 0 Å². The van der Waals surface area contributed by atoms with Crippen molar-refractivity contribution in [2.75, 3.05) is 0 Å². The molecule has 3 rings (SSSR count). The zero-order valence-electron chi connectivity index (χ0n) is 10.8. The number of ether oxygens (including phenoxy) is 1. The molecule has 1 heterocycles. The van der Waals surface area contributed by atoms with E-state index in [1.165, 1.54) is 18.2 Å². The third kappa shape index (κ3) is 2.24. The quantitative estimate of drug-likeness (QED) is 0.542. The van der Waals surface area contributed by atoms with Gasteiger partial charge >= 0.3 is 0 Å². The van der Waals surface area contributed by atoms with E-state index in [9.17, 15) is 25.5 Å². The molecule has 0 saturated heterocycles. The Labute approximate surface area is 120 Å². The summed E-state index contributed by atoms with van der Waals surface area (Å²) in [6, 6.07) is 8.32. The van der Waals surface area contributed by atoms with E-state index in [1.54, 1.807) is 12.1 Å². The Morgan fingerprint density at radius 3 is 2.19 bits per heavy atom. The molecule has 21 heavy (non-hydrogen) atoms. The number of phenols is 3. The van der Waals surface area contributed by atoms with Gasteiger partial charge in [0.2, 0.25) is 0 Å². The summed E-state index contributed by atoms with van der Waals surface area (Å²) in [7, 11) is 0. The molecule has 0 saturated carbocycles. The van der Waals surface area contributed by atoms with E-state index < -0.39 is 18.3 Å². The highest BCUT2D eigenvalue weighted by atomic mass is 16.5. The fourth-order valence-corrected chi connectivity index (χ4v) is 2.46. The van der Waals surface area contributed by atoms with E-state index in [2.05, 4.69) is 0 Å². The fraction of sp³-hybridized carbons (Fsp3) is 0.200. The zero-order chi connectivity index (χ0) is 15.1. The molecule has 0 fully saturated rings. The summed E-state index contributed by atoms with van der Waals surface area (Å²) < 4.78 is 5.59. The lowest BCUT2D eigenvalue weighted by Gasteiger charge is -2.34.